The van der Waals surface area contributed by atoms with Crippen molar-refractivity contribution >= 4 is 29.0 Å². The maximum absolute atomic E-state index is 12.7. The number of likely N-dealkylation sites (N-methyl/N-ethyl adjacent to an activating group) is 1. The summed E-state index contributed by atoms with van der Waals surface area (Å²) < 4.78 is 0. The van der Waals surface area contributed by atoms with E-state index in [9.17, 15) is 4.79 Å². The van der Waals surface area contributed by atoms with Gasteiger partial charge in [0.25, 0.3) is 0 Å². The molecule has 0 atom stereocenters. The van der Waals surface area contributed by atoms with E-state index >= 15 is 0 Å². The van der Waals surface area contributed by atoms with Crippen LogP contribution in [0, 0.1) is 0 Å². The molecule has 1 rings (SSSR count). The number of halogens is 2. The molecule has 19 heavy (non-hydrogen) atoms. The van der Waals surface area contributed by atoms with Crippen LogP contribution in [-0.4, -0.2) is 30.3 Å². The van der Waals surface area contributed by atoms with Gasteiger partial charge in [0.15, 0.2) is 5.78 Å². The zero-order valence-electron chi connectivity index (χ0n) is 12.0. The Hall–Kier alpha value is -0.570. The Morgan fingerprint density at radius 3 is 2.00 bits per heavy atom. The molecule has 0 aliphatic heterocycles. The third kappa shape index (κ3) is 3.31. The average molecular weight is 302 g/mol. The van der Waals surface area contributed by atoms with Crippen molar-refractivity contribution in [2.24, 2.45) is 0 Å². The summed E-state index contributed by atoms with van der Waals surface area (Å²) in [6.07, 6.45) is 1.83. The second kappa shape index (κ2) is 6.74. The van der Waals surface area contributed by atoms with Gasteiger partial charge in [-0.1, -0.05) is 43.1 Å². The maximum Gasteiger partial charge on any atom is 0.157 e. The molecular formula is C15H21Cl2NO. The number of ketones is 1. The van der Waals surface area contributed by atoms with Crippen LogP contribution in [0.2, 0.25) is 10.0 Å². The standard InChI is InChI=1S/C15H21Cl2NO/c1-5-15(6-2,18(3)4)14(19)10-11-12(16)8-7-9-13(11)17/h7-9H,5-6,10H2,1-4H3. The van der Waals surface area contributed by atoms with E-state index in [2.05, 4.69) is 0 Å². The van der Waals surface area contributed by atoms with Crippen LogP contribution in [0.1, 0.15) is 32.3 Å². The zero-order chi connectivity index (χ0) is 14.6. The van der Waals surface area contributed by atoms with Gasteiger partial charge < -0.3 is 0 Å². The van der Waals surface area contributed by atoms with E-state index in [4.69, 9.17) is 23.2 Å². The van der Waals surface area contributed by atoms with E-state index < -0.39 is 5.54 Å². The molecule has 0 amide bonds. The Kier molecular flexibility index (Phi) is 5.84. The third-order valence-corrected chi connectivity index (χ3v) is 4.65. The van der Waals surface area contributed by atoms with E-state index in [1.165, 1.54) is 0 Å². The summed E-state index contributed by atoms with van der Waals surface area (Å²) in [4.78, 5) is 14.7. The third-order valence-electron chi connectivity index (χ3n) is 3.94. The fraction of sp³-hybridized carbons (Fsp3) is 0.533. The van der Waals surface area contributed by atoms with E-state index in [0.717, 1.165) is 18.4 Å². The summed E-state index contributed by atoms with van der Waals surface area (Å²) in [5.41, 5.74) is 0.284. The van der Waals surface area contributed by atoms with Gasteiger partial charge in [0.05, 0.1) is 5.54 Å². The maximum atomic E-state index is 12.7. The van der Waals surface area contributed by atoms with E-state index in [0.29, 0.717) is 10.0 Å². The second-order valence-electron chi connectivity index (χ2n) is 4.93. The van der Waals surface area contributed by atoms with Crippen molar-refractivity contribution in [3.05, 3.63) is 33.8 Å². The molecule has 0 aliphatic rings. The highest BCUT2D eigenvalue weighted by molar-refractivity contribution is 6.36. The molecule has 0 bridgehead atoms. The number of Topliss-reactive ketones (excluding diaryl/α,β-unsaturated/α-hetero) is 1. The molecule has 0 saturated heterocycles. The molecule has 2 nitrogen and oxygen atoms in total. The number of nitrogens with zero attached hydrogens (tertiary/aromatic N) is 1. The lowest BCUT2D eigenvalue weighted by molar-refractivity contribution is -0.129. The number of carbonyl (C=O) groups excluding carboxylic acids is 1. The van der Waals surface area contributed by atoms with Gasteiger partial charge in [-0.25, -0.2) is 0 Å². The normalized spacial score (nSPS) is 11.9. The van der Waals surface area contributed by atoms with Crippen molar-refractivity contribution in [3.63, 3.8) is 0 Å². The van der Waals surface area contributed by atoms with Crippen molar-refractivity contribution in [1.29, 1.82) is 0 Å². The van der Waals surface area contributed by atoms with Crippen molar-refractivity contribution in [2.75, 3.05) is 14.1 Å². The summed E-state index contributed by atoms with van der Waals surface area (Å²) in [6.45, 7) is 4.07. The SMILES string of the molecule is CCC(CC)(C(=O)Cc1c(Cl)cccc1Cl)N(C)C. The van der Waals surface area contributed by atoms with E-state index in [1.807, 2.05) is 32.8 Å². The molecule has 1 aromatic carbocycles. The van der Waals surface area contributed by atoms with Gasteiger partial charge in [0.1, 0.15) is 0 Å². The van der Waals surface area contributed by atoms with Crippen molar-refractivity contribution in [2.45, 2.75) is 38.6 Å². The number of benzene rings is 1. The van der Waals surface area contributed by atoms with Gasteiger partial charge in [-0.05, 0) is 44.6 Å². The van der Waals surface area contributed by atoms with Gasteiger partial charge in [-0.15, -0.1) is 0 Å². The topological polar surface area (TPSA) is 20.3 Å². The summed E-state index contributed by atoms with van der Waals surface area (Å²) in [5.74, 6) is 0.164. The molecule has 106 valence electrons. The highest BCUT2D eigenvalue weighted by Crippen LogP contribution is 2.29. The Balaban J connectivity index is 3.07. The molecule has 1 aromatic rings. The first-order valence-electron chi connectivity index (χ1n) is 6.52. The Labute approximate surface area is 125 Å². The fourth-order valence-corrected chi connectivity index (χ4v) is 3.08. The van der Waals surface area contributed by atoms with E-state index in [-0.39, 0.29) is 12.2 Å². The number of rotatable bonds is 6. The molecule has 0 fully saturated rings. The molecule has 4 heteroatoms. The van der Waals surface area contributed by atoms with Crippen LogP contribution in [0.3, 0.4) is 0 Å². The van der Waals surface area contributed by atoms with Gasteiger partial charge in [0, 0.05) is 16.5 Å². The molecular weight excluding hydrogens is 281 g/mol. The minimum atomic E-state index is -0.442. The summed E-state index contributed by atoms with van der Waals surface area (Å²) in [7, 11) is 3.89. The first-order valence-corrected chi connectivity index (χ1v) is 7.28. The van der Waals surface area contributed by atoms with Crippen LogP contribution >= 0.6 is 23.2 Å². The lowest BCUT2D eigenvalue weighted by Gasteiger charge is -2.37. The first kappa shape index (κ1) is 16.5. The predicted octanol–water partition coefficient (Wildman–Crippen LogP) is 4.23. The zero-order valence-corrected chi connectivity index (χ0v) is 13.5. The van der Waals surface area contributed by atoms with Gasteiger partial charge >= 0.3 is 0 Å². The van der Waals surface area contributed by atoms with Crippen LogP contribution in [-0.2, 0) is 11.2 Å². The van der Waals surface area contributed by atoms with Crippen LogP contribution in [0.25, 0.3) is 0 Å². The van der Waals surface area contributed by atoms with Crippen LogP contribution < -0.4 is 0 Å². The van der Waals surface area contributed by atoms with Crippen LogP contribution in [0.4, 0.5) is 0 Å². The number of hydrogen-bond donors (Lipinski definition) is 0. The summed E-state index contributed by atoms with van der Waals surface area (Å²) in [6, 6.07) is 5.33. The molecule has 0 aromatic heterocycles. The smallest absolute Gasteiger partial charge is 0.157 e. The molecule has 0 aliphatic carbocycles. The predicted molar refractivity (Wildman–Crippen MR) is 82.2 cm³/mol. The van der Waals surface area contributed by atoms with Gasteiger partial charge in [-0.3, -0.25) is 9.69 Å². The van der Waals surface area contributed by atoms with Crippen molar-refractivity contribution in [1.82, 2.24) is 4.90 Å². The lowest BCUT2D eigenvalue weighted by atomic mass is 9.83. The second-order valence-corrected chi connectivity index (χ2v) is 5.75. The number of hydrogen-bond acceptors (Lipinski definition) is 2. The average Bonchev–Trinajstić information content (AvgIpc) is 2.36. The Morgan fingerprint density at radius 1 is 1.16 bits per heavy atom. The highest BCUT2D eigenvalue weighted by Gasteiger charge is 2.36. The van der Waals surface area contributed by atoms with Gasteiger partial charge in [0.2, 0.25) is 0 Å². The van der Waals surface area contributed by atoms with Gasteiger partial charge in [-0.2, -0.15) is 0 Å². The molecule has 0 spiro atoms. The minimum absolute atomic E-state index is 0.164. The lowest BCUT2D eigenvalue weighted by Crippen LogP contribution is -2.51. The Morgan fingerprint density at radius 2 is 1.63 bits per heavy atom. The first-order chi connectivity index (χ1) is 8.89. The highest BCUT2D eigenvalue weighted by atomic mass is 35.5. The quantitative estimate of drug-likeness (QED) is 0.784. The van der Waals surface area contributed by atoms with E-state index in [1.54, 1.807) is 18.2 Å². The van der Waals surface area contributed by atoms with Crippen LogP contribution in [0.5, 0.6) is 0 Å². The van der Waals surface area contributed by atoms with Crippen LogP contribution in [0.15, 0.2) is 18.2 Å². The fourth-order valence-electron chi connectivity index (χ4n) is 2.55. The minimum Gasteiger partial charge on any atom is -0.297 e. The molecule has 0 radical (unpaired) electrons. The summed E-state index contributed by atoms with van der Waals surface area (Å²) in [5, 5.41) is 1.11. The molecule has 0 heterocycles. The molecule has 0 saturated carbocycles. The summed E-state index contributed by atoms with van der Waals surface area (Å²) >= 11 is 12.3. The Bertz CT molecular complexity index is 433. The van der Waals surface area contributed by atoms with Crippen molar-refractivity contribution < 1.29 is 4.79 Å². The van der Waals surface area contributed by atoms with Crippen molar-refractivity contribution in [3.8, 4) is 0 Å². The number of carbonyl (C=O) groups is 1. The molecule has 0 unspecified atom stereocenters. The molecule has 0 N–H and O–H groups in total. The largest absolute Gasteiger partial charge is 0.297 e. The monoisotopic (exact) mass is 301 g/mol.